The van der Waals surface area contributed by atoms with Crippen LogP contribution >= 0.6 is 0 Å². The molecule has 2 atom stereocenters. The fourth-order valence-electron chi connectivity index (χ4n) is 2.86. The Balaban J connectivity index is 1.99. The normalized spacial score (nSPS) is 37.5. The Morgan fingerprint density at radius 3 is 3.31 bits per heavy atom. The maximum Gasteiger partial charge on any atom is 0.220 e. The summed E-state index contributed by atoms with van der Waals surface area (Å²) in [6.45, 7) is 2.20. The molecule has 0 aromatic rings. The lowest BCUT2D eigenvalue weighted by atomic mass is 9.79. The van der Waals surface area contributed by atoms with Crippen LogP contribution in [0.2, 0.25) is 0 Å². The summed E-state index contributed by atoms with van der Waals surface area (Å²) in [5.41, 5.74) is 0.295. The van der Waals surface area contributed by atoms with Crippen molar-refractivity contribution in [1.29, 1.82) is 0 Å². The predicted molar refractivity (Wildman–Crippen MR) is 51.3 cm³/mol. The lowest BCUT2D eigenvalue weighted by molar-refractivity contribution is -0.123. The number of carbonyl (C=O) groups excluding carboxylic acids is 1. The van der Waals surface area contributed by atoms with E-state index in [2.05, 4.69) is 10.6 Å². The first-order valence-electron chi connectivity index (χ1n) is 5.15. The molecule has 2 N–H and O–H groups in total. The van der Waals surface area contributed by atoms with E-state index in [1.54, 1.807) is 7.05 Å². The Labute approximate surface area is 79.3 Å². The lowest BCUT2D eigenvalue weighted by Crippen LogP contribution is -2.41. The van der Waals surface area contributed by atoms with Crippen LogP contribution in [0.5, 0.6) is 0 Å². The van der Waals surface area contributed by atoms with Gasteiger partial charge in [-0.25, -0.2) is 0 Å². The average molecular weight is 182 g/mol. The molecule has 1 saturated heterocycles. The summed E-state index contributed by atoms with van der Waals surface area (Å²) in [5.74, 6) is 1.03. The van der Waals surface area contributed by atoms with Gasteiger partial charge in [0.2, 0.25) is 5.91 Å². The molecule has 2 unspecified atom stereocenters. The molecule has 2 rings (SSSR count). The van der Waals surface area contributed by atoms with Crippen LogP contribution in [0, 0.1) is 11.3 Å². The SMILES string of the molecule is CNC(=O)CC12CCC(CNC1)C2. The number of carbonyl (C=O) groups is 1. The van der Waals surface area contributed by atoms with E-state index in [9.17, 15) is 4.79 Å². The number of amides is 1. The van der Waals surface area contributed by atoms with Gasteiger partial charge in [0.1, 0.15) is 0 Å². The zero-order valence-corrected chi connectivity index (χ0v) is 8.23. The monoisotopic (exact) mass is 182 g/mol. The average Bonchev–Trinajstić information content (AvgIpc) is 2.42. The molecular formula is C10H18N2O. The Kier molecular flexibility index (Phi) is 2.28. The molecule has 0 spiro atoms. The van der Waals surface area contributed by atoms with Gasteiger partial charge in [-0.1, -0.05) is 0 Å². The van der Waals surface area contributed by atoms with Crippen molar-refractivity contribution in [2.24, 2.45) is 11.3 Å². The van der Waals surface area contributed by atoms with E-state index in [0.29, 0.717) is 11.8 Å². The van der Waals surface area contributed by atoms with E-state index in [0.717, 1.165) is 19.0 Å². The van der Waals surface area contributed by atoms with Crippen molar-refractivity contribution in [3.05, 3.63) is 0 Å². The summed E-state index contributed by atoms with van der Waals surface area (Å²) in [6, 6.07) is 0. The van der Waals surface area contributed by atoms with Gasteiger partial charge in [-0.15, -0.1) is 0 Å². The highest BCUT2D eigenvalue weighted by atomic mass is 16.1. The summed E-state index contributed by atoms with van der Waals surface area (Å²) in [7, 11) is 1.72. The third-order valence-electron chi connectivity index (χ3n) is 3.55. The second-order valence-corrected chi connectivity index (χ2v) is 4.59. The van der Waals surface area contributed by atoms with Crippen molar-refractivity contribution in [2.45, 2.75) is 25.7 Å². The molecule has 2 fully saturated rings. The number of rotatable bonds is 2. The first-order valence-corrected chi connectivity index (χ1v) is 5.15. The molecule has 74 valence electrons. The molecule has 3 nitrogen and oxygen atoms in total. The Morgan fingerprint density at radius 1 is 1.69 bits per heavy atom. The zero-order chi connectivity index (χ0) is 9.31. The van der Waals surface area contributed by atoms with Gasteiger partial charge < -0.3 is 10.6 Å². The van der Waals surface area contributed by atoms with Crippen LogP contribution < -0.4 is 10.6 Å². The van der Waals surface area contributed by atoms with Gasteiger partial charge in [0, 0.05) is 20.0 Å². The zero-order valence-electron chi connectivity index (χ0n) is 8.23. The standard InChI is InChI=1S/C10H18N2O/c1-11-9(13)5-10-3-2-8(4-10)6-12-7-10/h8,12H,2-7H2,1H3,(H,11,13). The summed E-state index contributed by atoms with van der Waals surface area (Å²) < 4.78 is 0. The van der Waals surface area contributed by atoms with E-state index in [1.165, 1.54) is 19.3 Å². The molecule has 1 heterocycles. The van der Waals surface area contributed by atoms with Crippen molar-refractivity contribution in [3.8, 4) is 0 Å². The third kappa shape index (κ3) is 1.70. The maximum atomic E-state index is 11.3. The van der Waals surface area contributed by atoms with Crippen LogP contribution in [-0.4, -0.2) is 26.0 Å². The molecule has 1 amide bonds. The van der Waals surface area contributed by atoms with Crippen LogP contribution in [0.4, 0.5) is 0 Å². The highest BCUT2D eigenvalue weighted by Crippen LogP contribution is 2.45. The Hall–Kier alpha value is -0.570. The number of nitrogens with one attached hydrogen (secondary N) is 2. The van der Waals surface area contributed by atoms with E-state index in [1.807, 2.05) is 0 Å². The lowest BCUT2D eigenvalue weighted by Gasteiger charge is -2.33. The van der Waals surface area contributed by atoms with Crippen molar-refractivity contribution in [1.82, 2.24) is 10.6 Å². The minimum Gasteiger partial charge on any atom is -0.359 e. The first kappa shape index (κ1) is 9.00. The van der Waals surface area contributed by atoms with Gasteiger partial charge in [0.25, 0.3) is 0 Å². The number of piperidine rings is 1. The third-order valence-corrected chi connectivity index (χ3v) is 3.55. The smallest absolute Gasteiger partial charge is 0.220 e. The van der Waals surface area contributed by atoms with Crippen molar-refractivity contribution < 1.29 is 4.79 Å². The van der Waals surface area contributed by atoms with E-state index in [-0.39, 0.29) is 5.91 Å². The quantitative estimate of drug-likeness (QED) is 0.653. The maximum absolute atomic E-state index is 11.3. The topological polar surface area (TPSA) is 41.1 Å². The van der Waals surface area contributed by atoms with Crippen molar-refractivity contribution in [3.63, 3.8) is 0 Å². The van der Waals surface area contributed by atoms with E-state index < -0.39 is 0 Å². The molecule has 2 aliphatic rings. The second-order valence-electron chi connectivity index (χ2n) is 4.59. The molecule has 1 aliphatic carbocycles. The van der Waals surface area contributed by atoms with Crippen LogP contribution in [0.1, 0.15) is 25.7 Å². The van der Waals surface area contributed by atoms with Crippen molar-refractivity contribution >= 4 is 5.91 Å². The Morgan fingerprint density at radius 2 is 2.54 bits per heavy atom. The molecule has 1 aliphatic heterocycles. The minimum absolute atomic E-state index is 0.198. The predicted octanol–water partition coefficient (Wildman–Crippen LogP) is 0.512. The largest absolute Gasteiger partial charge is 0.359 e. The molecular weight excluding hydrogens is 164 g/mol. The fourth-order valence-corrected chi connectivity index (χ4v) is 2.86. The van der Waals surface area contributed by atoms with E-state index in [4.69, 9.17) is 0 Å². The van der Waals surface area contributed by atoms with Gasteiger partial charge in [0.05, 0.1) is 0 Å². The van der Waals surface area contributed by atoms with E-state index >= 15 is 0 Å². The molecule has 0 aromatic heterocycles. The highest BCUT2D eigenvalue weighted by Gasteiger charge is 2.42. The van der Waals surface area contributed by atoms with Crippen LogP contribution in [0.15, 0.2) is 0 Å². The van der Waals surface area contributed by atoms with Gasteiger partial charge in [-0.2, -0.15) is 0 Å². The summed E-state index contributed by atoms with van der Waals surface area (Å²) in [5, 5.41) is 6.16. The van der Waals surface area contributed by atoms with Gasteiger partial charge in [0.15, 0.2) is 0 Å². The highest BCUT2D eigenvalue weighted by molar-refractivity contribution is 5.76. The van der Waals surface area contributed by atoms with Gasteiger partial charge in [-0.05, 0) is 37.1 Å². The summed E-state index contributed by atoms with van der Waals surface area (Å²) in [6.07, 6.45) is 4.52. The van der Waals surface area contributed by atoms with Crippen LogP contribution in [-0.2, 0) is 4.79 Å². The molecule has 0 aromatic carbocycles. The molecule has 0 radical (unpaired) electrons. The van der Waals surface area contributed by atoms with Crippen LogP contribution in [0.3, 0.4) is 0 Å². The minimum atomic E-state index is 0.198. The van der Waals surface area contributed by atoms with Crippen LogP contribution in [0.25, 0.3) is 0 Å². The summed E-state index contributed by atoms with van der Waals surface area (Å²) in [4.78, 5) is 11.3. The Bertz CT molecular complexity index is 213. The number of hydrogen-bond donors (Lipinski definition) is 2. The number of hydrogen-bond acceptors (Lipinski definition) is 2. The summed E-state index contributed by atoms with van der Waals surface area (Å²) >= 11 is 0. The molecule has 2 bridgehead atoms. The number of fused-ring (bicyclic) bond motifs is 2. The molecule has 13 heavy (non-hydrogen) atoms. The van der Waals surface area contributed by atoms with Crippen molar-refractivity contribution in [2.75, 3.05) is 20.1 Å². The van der Waals surface area contributed by atoms with Gasteiger partial charge in [-0.3, -0.25) is 4.79 Å². The second kappa shape index (κ2) is 3.29. The molecule has 3 heteroatoms. The van der Waals surface area contributed by atoms with Gasteiger partial charge >= 0.3 is 0 Å². The molecule has 1 saturated carbocycles. The fraction of sp³-hybridized carbons (Fsp3) is 0.900. The first-order chi connectivity index (χ1) is 6.24.